The predicted molar refractivity (Wildman–Crippen MR) is 178 cm³/mol. The molecule has 2 saturated heterocycles. The number of hydrogen-bond acceptors (Lipinski definition) is 10. The van der Waals surface area contributed by atoms with Gasteiger partial charge in [0.25, 0.3) is 0 Å². The second kappa shape index (κ2) is 16.9. The molecule has 47 heavy (non-hydrogen) atoms. The van der Waals surface area contributed by atoms with Gasteiger partial charge >= 0.3 is 11.9 Å². The first-order chi connectivity index (χ1) is 22.9. The molecule has 6 heterocycles. The third-order valence-electron chi connectivity index (χ3n) is 11.1. The number of anilines is 1. The van der Waals surface area contributed by atoms with Crippen LogP contribution in [0.4, 0.5) is 5.95 Å². The van der Waals surface area contributed by atoms with Crippen LogP contribution in [0.5, 0.6) is 0 Å². The molecule has 6 rings (SSSR count). The lowest BCUT2D eigenvalue weighted by molar-refractivity contribution is -0.710. The SMILES string of the molecule is CCCCCCC[C@@H]1C[C@@H]2CCc3c(C(=O)OCCCCCCC[C@@H]4C[C@@H]5CC[C@H]6C[C@@H](C)N(O)C(=N4)N56)c(C)nc([n+]32)N1.O=C[O-]. The second-order valence-corrected chi connectivity index (χ2v) is 14.5. The third kappa shape index (κ3) is 8.38. The van der Waals surface area contributed by atoms with Crippen molar-refractivity contribution in [3.05, 3.63) is 17.0 Å². The quantitative estimate of drug-likeness (QED) is 0.116. The molecule has 1 aromatic rings. The average Bonchev–Trinajstić information content (AvgIpc) is 3.66. The summed E-state index contributed by atoms with van der Waals surface area (Å²) in [6.07, 6.45) is 22.1. The maximum atomic E-state index is 13.2. The van der Waals surface area contributed by atoms with Crippen molar-refractivity contribution in [2.75, 3.05) is 11.9 Å². The molecular formula is C36H58N6O5. The zero-order valence-electron chi connectivity index (χ0n) is 29.0. The number of carboxylic acid groups (broad SMARTS) is 1. The minimum Gasteiger partial charge on any atom is -0.554 e. The van der Waals surface area contributed by atoms with Crippen LogP contribution in [0.25, 0.3) is 0 Å². The molecule has 0 saturated carbocycles. The van der Waals surface area contributed by atoms with E-state index in [1.807, 2.05) is 6.92 Å². The number of unbranched alkanes of at least 4 members (excludes halogenated alkanes) is 8. The number of guanidine groups is 1. The van der Waals surface area contributed by atoms with Gasteiger partial charge in [0.05, 0.1) is 36.5 Å². The number of esters is 1. The standard InChI is InChI=1S/C35H56N6O3.CH2O2/c1-4-5-6-8-11-14-26-22-30-18-19-31-32(25(3)36-34(37-26)40(30)31)33(42)44-20-13-10-7-9-12-15-27-23-29-17-16-28-21-24(2)41(43)35(38-27)39(28)29;2-1-3/h24,26-30,43H,4-23H2,1-3H3;1H,(H,2,3)/t24-,26-,27-,28+,29+,30+;/m1./s1. The number of aromatic nitrogens is 2. The van der Waals surface area contributed by atoms with Gasteiger partial charge in [0.15, 0.2) is 0 Å². The molecule has 0 unspecified atom stereocenters. The number of hydroxylamine groups is 2. The first-order valence-corrected chi connectivity index (χ1v) is 18.6. The van der Waals surface area contributed by atoms with E-state index in [4.69, 9.17) is 24.6 Å². The van der Waals surface area contributed by atoms with Crippen molar-refractivity contribution in [3.8, 4) is 0 Å². The van der Waals surface area contributed by atoms with E-state index in [0.29, 0.717) is 42.4 Å². The number of aryl methyl sites for hydroxylation is 1. The molecule has 262 valence electrons. The Kier molecular flexibility index (Phi) is 12.7. The maximum Gasteiger partial charge on any atom is 0.392 e. The molecule has 11 heteroatoms. The van der Waals surface area contributed by atoms with Crippen molar-refractivity contribution < 1.29 is 29.2 Å². The van der Waals surface area contributed by atoms with E-state index in [0.717, 1.165) is 87.5 Å². The third-order valence-corrected chi connectivity index (χ3v) is 11.1. The summed E-state index contributed by atoms with van der Waals surface area (Å²) in [5.41, 5.74) is 2.61. The summed E-state index contributed by atoms with van der Waals surface area (Å²) in [5, 5.41) is 24.0. The Labute approximate surface area is 281 Å². The normalized spacial score (nSPS) is 26.9. The Morgan fingerprint density at radius 2 is 1.70 bits per heavy atom. The number of hydrogen-bond donors (Lipinski definition) is 2. The maximum absolute atomic E-state index is 13.2. The van der Waals surface area contributed by atoms with Gasteiger partial charge in [0.2, 0.25) is 5.96 Å². The lowest BCUT2D eigenvalue weighted by atomic mass is 9.97. The van der Waals surface area contributed by atoms with Crippen LogP contribution in [0.2, 0.25) is 0 Å². The first-order valence-electron chi connectivity index (χ1n) is 18.6. The first kappa shape index (κ1) is 35.4. The van der Waals surface area contributed by atoms with E-state index < -0.39 is 6.47 Å². The number of aliphatic imine (C=N–C) groups is 1. The predicted octanol–water partition coefficient (Wildman–Crippen LogP) is 5.02. The van der Waals surface area contributed by atoms with E-state index in [2.05, 4.69) is 28.6 Å². The summed E-state index contributed by atoms with van der Waals surface area (Å²) in [6, 6.07) is 2.53. The molecule has 0 aliphatic carbocycles. The van der Waals surface area contributed by atoms with Crippen LogP contribution in [-0.4, -0.2) is 75.4 Å². The fourth-order valence-electron chi connectivity index (χ4n) is 8.79. The summed E-state index contributed by atoms with van der Waals surface area (Å²) in [4.78, 5) is 33.7. The van der Waals surface area contributed by atoms with Gasteiger partial charge in [0, 0.05) is 31.4 Å². The number of carbonyl (C=O) groups is 2. The molecule has 5 aliphatic rings. The van der Waals surface area contributed by atoms with E-state index in [-0.39, 0.29) is 12.0 Å². The van der Waals surface area contributed by atoms with Crippen molar-refractivity contribution in [2.24, 2.45) is 4.99 Å². The topological polar surface area (TPSA) is 134 Å². The summed E-state index contributed by atoms with van der Waals surface area (Å²) < 4.78 is 8.11. The zero-order chi connectivity index (χ0) is 33.3. The number of nitrogens with one attached hydrogen (secondary N) is 1. The Morgan fingerprint density at radius 1 is 1.02 bits per heavy atom. The Morgan fingerprint density at radius 3 is 2.47 bits per heavy atom. The molecule has 0 amide bonds. The largest absolute Gasteiger partial charge is 0.554 e. The van der Waals surface area contributed by atoms with Gasteiger partial charge in [-0.2, -0.15) is 0 Å². The van der Waals surface area contributed by atoms with Crippen LogP contribution >= 0.6 is 0 Å². The van der Waals surface area contributed by atoms with Gasteiger partial charge in [-0.05, 0) is 65.2 Å². The van der Waals surface area contributed by atoms with E-state index >= 15 is 0 Å². The summed E-state index contributed by atoms with van der Waals surface area (Å²) >= 11 is 0. The zero-order valence-corrected chi connectivity index (χ0v) is 29.0. The van der Waals surface area contributed by atoms with Crippen molar-refractivity contribution in [2.45, 2.75) is 179 Å². The second-order valence-electron chi connectivity index (χ2n) is 14.5. The lowest BCUT2D eigenvalue weighted by Crippen LogP contribution is -2.59. The fourth-order valence-corrected chi connectivity index (χ4v) is 8.79. The molecule has 0 spiro atoms. The van der Waals surface area contributed by atoms with Gasteiger partial charge in [0.1, 0.15) is 11.3 Å². The summed E-state index contributed by atoms with van der Waals surface area (Å²) in [6.45, 7) is 6.30. The molecule has 2 fully saturated rings. The van der Waals surface area contributed by atoms with Crippen molar-refractivity contribution in [1.82, 2.24) is 14.9 Å². The van der Waals surface area contributed by atoms with Crippen LogP contribution in [0.3, 0.4) is 0 Å². The molecule has 0 bridgehead atoms. The summed E-state index contributed by atoms with van der Waals surface area (Å²) in [5.74, 6) is 1.58. The van der Waals surface area contributed by atoms with Gasteiger partial charge in [-0.15, -0.1) is 0 Å². The number of carbonyl (C=O) groups excluding carboxylic acids is 2. The molecular weight excluding hydrogens is 596 g/mol. The molecule has 0 aromatic carbocycles. The minimum atomic E-state index is -0.500. The Balaban J connectivity index is 0.00000139. The minimum absolute atomic E-state index is 0.156. The van der Waals surface area contributed by atoms with Crippen LogP contribution in [0.15, 0.2) is 4.99 Å². The molecule has 6 atom stereocenters. The smallest absolute Gasteiger partial charge is 0.392 e. The number of nitrogens with zero attached hydrogens (tertiary/aromatic N) is 5. The van der Waals surface area contributed by atoms with E-state index in [1.54, 1.807) is 0 Å². The Bertz CT molecular complexity index is 1240. The number of rotatable bonds is 15. The molecule has 5 aliphatic heterocycles. The molecule has 1 aromatic heterocycles. The Hall–Kier alpha value is -2.95. The highest BCUT2D eigenvalue weighted by Gasteiger charge is 2.46. The monoisotopic (exact) mass is 654 g/mol. The highest BCUT2D eigenvalue weighted by molar-refractivity contribution is 5.91. The lowest BCUT2D eigenvalue weighted by Gasteiger charge is -2.47. The molecule has 11 nitrogen and oxygen atoms in total. The summed E-state index contributed by atoms with van der Waals surface area (Å²) in [7, 11) is 0. The van der Waals surface area contributed by atoms with Gasteiger partial charge in [-0.3, -0.25) is 10.5 Å². The fraction of sp³-hybridized carbons (Fsp3) is 0.806. The van der Waals surface area contributed by atoms with Crippen LogP contribution < -0.4 is 15.0 Å². The molecule has 2 N–H and O–H groups in total. The highest BCUT2D eigenvalue weighted by Crippen LogP contribution is 2.39. The van der Waals surface area contributed by atoms with Crippen LogP contribution in [-0.2, 0) is 16.0 Å². The van der Waals surface area contributed by atoms with Gasteiger partial charge in [-0.25, -0.2) is 19.4 Å². The van der Waals surface area contributed by atoms with Crippen LogP contribution in [0, 0.1) is 6.92 Å². The van der Waals surface area contributed by atoms with E-state index in [9.17, 15) is 10.0 Å². The van der Waals surface area contributed by atoms with E-state index in [1.165, 1.54) is 62.9 Å². The number of ether oxygens (including phenoxy) is 1. The highest BCUT2D eigenvalue weighted by atomic mass is 16.5. The van der Waals surface area contributed by atoms with Crippen LogP contribution in [0.1, 0.15) is 157 Å². The van der Waals surface area contributed by atoms with Gasteiger partial charge < -0.3 is 19.5 Å². The van der Waals surface area contributed by atoms with Gasteiger partial charge in [-0.1, -0.05) is 69.7 Å². The van der Waals surface area contributed by atoms with Crippen molar-refractivity contribution in [1.29, 1.82) is 0 Å². The molecule has 0 radical (unpaired) electrons. The average molecular weight is 655 g/mol. The van der Waals surface area contributed by atoms with Crippen molar-refractivity contribution >= 4 is 24.3 Å². The van der Waals surface area contributed by atoms with Crippen molar-refractivity contribution in [3.63, 3.8) is 0 Å².